The van der Waals surface area contributed by atoms with E-state index in [4.69, 9.17) is 0 Å². The van der Waals surface area contributed by atoms with E-state index >= 15 is 79.0 Å². The molecule has 6 aromatic carbocycles. The van der Waals surface area contributed by atoms with Gasteiger partial charge in [0.2, 0.25) is 5.82 Å². The van der Waals surface area contributed by atoms with Crippen molar-refractivity contribution in [1.82, 2.24) is 0 Å². The van der Waals surface area contributed by atoms with Gasteiger partial charge in [0.15, 0.2) is 116 Å². The molecule has 0 aromatic heterocycles. The number of nitrogens with zero attached hydrogens (tertiary/aromatic N) is 2. The van der Waals surface area contributed by atoms with Crippen LogP contribution in [0.2, 0.25) is 0 Å². The topological polar surface area (TPSA) is 6.48 Å². The van der Waals surface area contributed by atoms with Gasteiger partial charge in [-0.1, -0.05) is 0 Å². The lowest BCUT2D eigenvalue weighted by Crippen LogP contribution is -2.25. The molecule has 0 saturated carbocycles. The van der Waals surface area contributed by atoms with Gasteiger partial charge in [-0.2, -0.15) is 39.5 Å². The fourth-order valence-corrected chi connectivity index (χ4v) is 6.72. The second-order valence-corrected chi connectivity index (χ2v) is 14.0. The highest BCUT2D eigenvalue weighted by molar-refractivity contribution is 5.89. The predicted molar refractivity (Wildman–Crippen MR) is 180 cm³/mol. The molecule has 32 heteroatoms. The van der Waals surface area contributed by atoms with Gasteiger partial charge in [0.25, 0.3) is 0 Å². The van der Waals surface area contributed by atoms with E-state index in [0.717, 1.165) is 0 Å². The molecule has 0 heterocycles. The molecule has 0 fully saturated rings. The summed E-state index contributed by atoms with van der Waals surface area (Å²) in [5.41, 5.74) is -36.8. The van der Waals surface area contributed by atoms with Crippen LogP contribution >= 0.6 is 0 Å². The fraction of sp³-hybridized carbons (Fsp3) is 0.100. The molecule has 0 radical (unpaired) electrons. The highest BCUT2D eigenvalue weighted by atomic mass is 19.4. The first-order valence-electron chi connectivity index (χ1n) is 17.7. The smallest absolute Gasteiger partial charge is 0.299 e. The van der Waals surface area contributed by atoms with Crippen molar-refractivity contribution in [2.24, 2.45) is 0 Å². The van der Waals surface area contributed by atoms with Crippen LogP contribution in [0.3, 0.4) is 0 Å². The molecular weight excluding hydrogens is 1080 g/mol. The normalized spacial score (nSPS) is 12.4. The maximum absolute atomic E-state index is 16.0. The number of benzene rings is 6. The number of hydrogen-bond donors (Lipinski definition) is 0. The average molecular weight is 1080 g/mol. The minimum Gasteiger partial charge on any atom is -0.299 e. The van der Waals surface area contributed by atoms with Crippen LogP contribution in [0.4, 0.5) is 166 Å². The zero-order chi connectivity index (χ0) is 54.8. The molecule has 72 heavy (non-hydrogen) atoms. The molecule has 0 bridgehead atoms. The number of anilines is 6. The molecule has 0 aliphatic heterocycles. The lowest BCUT2D eigenvalue weighted by molar-refractivity contribution is -0.144. The third-order valence-corrected chi connectivity index (χ3v) is 9.84. The van der Waals surface area contributed by atoms with Crippen LogP contribution in [-0.2, 0) is 18.5 Å². The van der Waals surface area contributed by atoms with Crippen molar-refractivity contribution >= 4 is 34.1 Å². The summed E-state index contributed by atoms with van der Waals surface area (Å²) in [4.78, 5) is -3.39. The third kappa shape index (κ3) is 8.23. The zero-order valence-electron chi connectivity index (χ0n) is 33.0. The lowest BCUT2D eigenvalue weighted by Gasteiger charge is -2.32. The molecule has 2 nitrogen and oxygen atoms in total. The maximum atomic E-state index is 16.0. The first kappa shape index (κ1) is 54.2. The Kier molecular flexibility index (Phi) is 13.4. The van der Waals surface area contributed by atoms with E-state index in [1.54, 1.807) is 0 Å². The van der Waals surface area contributed by atoms with Crippen LogP contribution in [0.15, 0.2) is 18.2 Å². The zero-order valence-corrected chi connectivity index (χ0v) is 33.0. The average Bonchev–Trinajstić information content (AvgIpc) is 3.27. The molecular formula is C40H6F30N2. The Balaban J connectivity index is 2.01. The van der Waals surface area contributed by atoms with Gasteiger partial charge in [0.05, 0.1) is 5.56 Å². The van der Waals surface area contributed by atoms with Crippen molar-refractivity contribution < 1.29 is 132 Å². The highest BCUT2D eigenvalue weighted by Gasteiger charge is 2.48. The molecule has 0 spiro atoms. The van der Waals surface area contributed by atoms with E-state index in [9.17, 15) is 52.7 Å². The van der Waals surface area contributed by atoms with Crippen LogP contribution in [0.1, 0.15) is 22.3 Å². The first-order valence-corrected chi connectivity index (χ1v) is 17.7. The van der Waals surface area contributed by atoms with E-state index in [0.29, 0.717) is 0 Å². The van der Waals surface area contributed by atoms with Crippen molar-refractivity contribution in [2.75, 3.05) is 9.80 Å². The molecule has 0 amide bonds. The van der Waals surface area contributed by atoms with Gasteiger partial charge in [-0.3, -0.25) is 9.80 Å². The summed E-state index contributed by atoms with van der Waals surface area (Å²) < 4.78 is 447. The Hall–Kier alpha value is -7.18. The molecule has 0 aliphatic rings. The third-order valence-electron chi connectivity index (χ3n) is 9.84. The second kappa shape index (κ2) is 17.8. The second-order valence-electron chi connectivity index (χ2n) is 14.0. The molecule has 0 saturated heterocycles. The van der Waals surface area contributed by atoms with Crippen molar-refractivity contribution in [3.05, 3.63) is 163 Å². The summed E-state index contributed by atoms with van der Waals surface area (Å²) in [5, 5.41) is 0. The van der Waals surface area contributed by atoms with Gasteiger partial charge in [-0.05, 0) is 30.7 Å². The van der Waals surface area contributed by atoms with Crippen molar-refractivity contribution in [2.45, 2.75) is 25.5 Å². The summed E-state index contributed by atoms with van der Waals surface area (Å²) >= 11 is 0. The van der Waals surface area contributed by atoms with Crippen LogP contribution in [0.5, 0.6) is 0 Å². The van der Waals surface area contributed by atoms with Crippen LogP contribution < -0.4 is 9.80 Å². The van der Waals surface area contributed by atoms with Gasteiger partial charge in [-0.15, -0.1) is 0 Å². The van der Waals surface area contributed by atoms with Gasteiger partial charge >= 0.3 is 18.5 Å². The fourth-order valence-electron chi connectivity index (χ4n) is 6.72. The summed E-state index contributed by atoms with van der Waals surface area (Å²) in [6.45, 7) is 0.0974. The molecule has 0 unspecified atom stereocenters. The van der Waals surface area contributed by atoms with Crippen molar-refractivity contribution in [3.63, 3.8) is 0 Å². The summed E-state index contributed by atoms with van der Waals surface area (Å²) in [7, 11) is 0. The number of alkyl halides is 9. The Morgan fingerprint density at radius 1 is 0.264 bits per heavy atom. The molecule has 6 aromatic rings. The van der Waals surface area contributed by atoms with Gasteiger partial charge < -0.3 is 0 Å². The van der Waals surface area contributed by atoms with Crippen LogP contribution in [0, 0.1) is 129 Å². The Labute approximate surface area is 375 Å². The quantitative estimate of drug-likeness (QED) is 0.0893. The SMILES string of the molecule is Cc1c(F)c(F)c(N(c2cc(-c3c(F)c(F)c(F)c(F)c3F)cc(N(c3c(F)c(F)c(C(F)(F)F)c(F)c3F)c3c(F)c(F)c(C(F)(F)F)c(F)c3F)c2)c2c(F)c(F)c(C(F)(F)F)c(F)c2F)c(F)c1F. The van der Waals surface area contributed by atoms with Gasteiger partial charge in [0, 0.05) is 16.9 Å². The van der Waals surface area contributed by atoms with Crippen molar-refractivity contribution in [1.29, 1.82) is 0 Å². The molecule has 386 valence electrons. The lowest BCUT2D eigenvalue weighted by atomic mass is 9.99. The van der Waals surface area contributed by atoms with E-state index < -0.39 is 236 Å². The summed E-state index contributed by atoms with van der Waals surface area (Å²) in [6, 6.07) is -2.46. The summed E-state index contributed by atoms with van der Waals surface area (Å²) in [5.74, 6) is -74.1. The maximum Gasteiger partial charge on any atom is 0.422 e. The Morgan fingerprint density at radius 3 is 0.694 bits per heavy atom. The standard InChI is InChI=1S/C40H6F30N2/c1-5-13(41)26(54)34(27(55)14(5)42)71(35-28(56)17(45)10(38(62,63)64)18(46)29(35)57)7-2-6(9-15(43)23(51)25(53)24(52)16(9)44)3-8(4-7)72(36-30(58)19(47)11(39(65,66)67)20(48)31(36)59)37-32(60)21(49)12(40(68,69)70)22(50)33(37)61/h2-4H,1H3. The van der Waals surface area contributed by atoms with Crippen molar-refractivity contribution in [3.8, 4) is 11.1 Å². The molecule has 0 N–H and O–H groups in total. The number of halogens is 30. The first-order chi connectivity index (χ1) is 32.9. The van der Waals surface area contributed by atoms with Gasteiger partial charge in [0.1, 0.15) is 39.4 Å². The Bertz CT molecular complexity index is 3070. The predicted octanol–water partition coefficient (Wildman–Crippen LogP) is 16.6. The number of hydrogen-bond acceptors (Lipinski definition) is 2. The molecule has 0 aliphatic carbocycles. The largest absolute Gasteiger partial charge is 0.422 e. The molecule has 0 atom stereocenters. The minimum atomic E-state index is -6.66. The van der Waals surface area contributed by atoms with E-state index in [-0.39, 0.29) is 6.92 Å². The van der Waals surface area contributed by atoms with E-state index in [1.165, 1.54) is 0 Å². The van der Waals surface area contributed by atoms with E-state index in [2.05, 4.69) is 0 Å². The highest BCUT2D eigenvalue weighted by Crippen LogP contribution is 2.53. The molecule has 6 rings (SSSR count). The number of rotatable bonds is 7. The minimum absolute atomic E-state index is 0.0974. The summed E-state index contributed by atoms with van der Waals surface area (Å²) in [6.07, 6.45) is -19.9. The monoisotopic (exact) mass is 1080 g/mol. The van der Waals surface area contributed by atoms with E-state index in [1.807, 2.05) is 0 Å². The van der Waals surface area contributed by atoms with Gasteiger partial charge in [-0.25, -0.2) is 92.2 Å². The van der Waals surface area contributed by atoms with Crippen LogP contribution in [-0.4, -0.2) is 0 Å². The van der Waals surface area contributed by atoms with Crippen LogP contribution in [0.25, 0.3) is 11.1 Å². The Morgan fingerprint density at radius 2 is 0.472 bits per heavy atom.